The van der Waals surface area contributed by atoms with Gasteiger partial charge in [-0.15, -0.1) is 0 Å². The molecule has 0 saturated carbocycles. The summed E-state index contributed by atoms with van der Waals surface area (Å²) in [5.41, 5.74) is 0. The molecule has 1 fully saturated rings. The highest BCUT2D eigenvalue weighted by atomic mass is 19.3. The van der Waals surface area contributed by atoms with Crippen molar-refractivity contribution < 1.29 is 17.6 Å². The third-order valence-corrected chi connectivity index (χ3v) is 3.68. The predicted octanol–water partition coefficient (Wildman–Crippen LogP) is 2.60. The van der Waals surface area contributed by atoms with Crippen molar-refractivity contribution in [3.8, 4) is 0 Å². The normalized spacial score (nSPS) is 24.5. The van der Waals surface area contributed by atoms with Crippen LogP contribution in [0, 0.1) is 5.92 Å². The summed E-state index contributed by atoms with van der Waals surface area (Å²) in [6, 6.07) is -0.163. The third kappa shape index (κ3) is 4.39. The maximum Gasteiger partial charge on any atom is 0.319 e. The summed E-state index contributed by atoms with van der Waals surface area (Å²) in [6.45, 7) is 5.74. The van der Waals surface area contributed by atoms with Crippen molar-refractivity contribution in [1.82, 2.24) is 10.2 Å². The summed E-state index contributed by atoms with van der Waals surface area (Å²) < 4.78 is 49.6. The molecule has 108 valence electrons. The Balaban J connectivity index is 2.38. The van der Waals surface area contributed by atoms with Crippen LogP contribution < -0.4 is 5.32 Å². The lowest BCUT2D eigenvalue weighted by molar-refractivity contribution is -0.126. The third-order valence-electron chi connectivity index (χ3n) is 3.68. The lowest BCUT2D eigenvalue weighted by Gasteiger charge is -2.36. The highest BCUT2D eigenvalue weighted by molar-refractivity contribution is 4.82. The Labute approximate surface area is 106 Å². The molecule has 1 rings (SSSR count). The molecule has 1 saturated heterocycles. The van der Waals surface area contributed by atoms with Gasteiger partial charge in [-0.05, 0) is 38.8 Å². The van der Waals surface area contributed by atoms with Crippen molar-refractivity contribution in [2.45, 2.75) is 45.1 Å². The molecule has 1 N–H and O–H groups in total. The van der Waals surface area contributed by atoms with Gasteiger partial charge in [-0.25, -0.2) is 8.78 Å². The van der Waals surface area contributed by atoms with E-state index in [4.69, 9.17) is 0 Å². The minimum Gasteiger partial charge on any atom is -0.308 e. The van der Waals surface area contributed by atoms with Crippen LogP contribution in [0.2, 0.25) is 0 Å². The second kappa shape index (κ2) is 6.70. The number of nitrogens with one attached hydrogen (secondary N) is 1. The highest BCUT2D eigenvalue weighted by Crippen LogP contribution is 2.23. The van der Waals surface area contributed by atoms with E-state index < -0.39 is 18.9 Å². The number of nitrogens with zero attached hydrogens (tertiary/aromatic N) is 1. The van der Waals surface area contributed by atoms with Crippen LogP contribution in [0.5, 0.6) is 0 Å². The van der Waals surface area contributed by atoms with Gasteiger partial charge in [-0.1, -0.05) is 6.92 Å². The zero-order valence-corrected chi connectivity index (χ0v) is 10.9. The van der Waals surface area contributed by atoms with E-state index in [1.807, 2.05) is 0 Å². The van der Waals surface area contributed by atoms with Gasteiger partial charge in [-0.3, -0.25) is 0 Å². The monoisotopic (exact) mass is 270 g/mol. The van der Waals surface area contributed by atoms with Gasteiger partial charge >= 0.3 is 12.3 Å². The van der Waals surface area contributed by atoms with Gasteiger partial charge in [0.05, 0.1) is 6.54 Å². The molecule has 0 aromatic heterocycles. The molecule has 2 atom stereocenters. The number of halogens is 4. The van der Waals surface area contributed by atoms with Crippen molar-refractivity contribution in [2.75, 3.05) is 26.2 Å². The average Bonchev–Trinajstić information content (AvgIpc) is 2.36. The molecule has 2 unspecified atom stereocenters. The molecule has 18 heavy (non-hydrogen) atoms. The smallest absolute Gasteiger partial charge is 0.308 e. The summed E-state index contributed by atoms with van der Waals surface area (Å²) in [5, 5.41) is 2.56. The van der Waals surface area contributed by atoms with Crippen LogP contribution in [-0.4, -0.2) is 49.5 Å². The van der Waals surface area contributed by atoms with Crippen LogP contribution >= 0.6 is 0 Å². The first-order chi connectivity index (χ1) is 8.36. The van der Waals surface area contributed by atoms with E-state index in [0.717, 1.165) is 32.5 Å². The van der Waals surface area contributed by atoms with Gasteiger partial charge in [0, 0.05) is 12.6 Å². The van der Waals surface area contributed by atoms with Crippen molar-refractivity contribution in [3.05, 3.63) is 0 Å². The first-order valence-electron chi connectivity index (χ1n) is 6.48. The number of hydrogen-bond donors (Lipinski definition) is 1. The topological polar surface area (TPSA) is 15.3 Å². The molecule has 1 aliphatic rings. The van der Waals surface area contributed by atoms with Crippen molar-refractivity contribution in [3.63, 3.8) is 0 Å². The Kier molecular flexibility index (Phi) is 5.85. The quantitative estimate of drug-likeness (QED) is 0.746. The van der Waals surface area contributed by atoms with Crippen LogP contribution in [0.25, 0.3) is 0 Å². The van der Waals surface area contributed by atoms with E-state index in [1.165, 1.54) is 0 Å². The summed E-state index contributed by atoms with van der Waals surface area (Å²) in [7, 11) is 0. The summed E-state index contributed by atoms with van der Waals surface area (Å²) in [5.74, 6) is -3.68. The van der Waals surface area contributed by atoms with E-state index in [9.17, 15) is 17.6 Å². The Hall–Kier alpha value is -0.360. The molecule has 0 radical (unpaired) electrons. The molecule has 0 aromatic rings. The highest BCUT2D eigenvalue weighted by Gasteiger charge is 2.41. The van der Waals surface area contributed by atoms with E-state index >= 15 is 0 Å². The van der Waals surface area contributed by atoms with E-state index in [0.29, 0.717) is 0 Å². The first kappa shape index (κ1) is 15.7. The predicted molar refractivity (Wildman–Crippen MR) is 63.3 cm³/mol. The van der Waals surface area contributed by atoms with Gasteiger partial charge < -0.3 is 10.2 Å². The van der Waals surface area contributed by atoms with Gasteiger partial charge in [0.1, 0.15) is 0 Å². The van der Waals surface area contributed by atoms with Crippen LogP contribution in [0.4, 0.5) is 17.6 Å². The summed E-state index contributed by atoms with van der Waals surface area (Å²) >= 11 is 0. The Morgan fingerprint density at radius 2 is 2.06 bits per heavy atom. The van der Waals surface area contributed by atoms with Crippen LogP contribution in [-0.2, 0) is 0 Å². The lowest BCUT2D eigenvalue weighted by atomic mass is 9.91. The molecule has 0 amide bonds. The number of piperidine rings is 1. The molecule has 0 spiro atoms. The molecular formula is C12H22F4N2. The maximum atomic E-state index is 12.8. The van der Waals surface area contributed by atoms with E-state index in [1.54, 1.807) is 6.92 Å². The van der Waals surface area contributed by atoms with Crippen LogP contribution in [0.3, 0.4) is 0 Å². The van der Waals surface area contributed by atoms with E-state index in [-0.39, 0.29) is 12.0 Å². The van der Waals surface area contributed by atoms with Gasteiger partial charge in [0.15, 0.2) is 0 Å². The van der Waals surface area contributed by atoms with Crippen molar-refractivity contribution >= 4 is 0 Å². The minimum absolute atomic E-state index is 0.163. The van der Waals surface area contributed by atoms with Crippen molar-refractivity contribution in [2.24, 2.45) is 5.92 Å². The van der Waals surface area contributed by atoms with Crippen LogP contribution in [0.15, 0.2) is 0 Å². The largest absolute Gasteiger partial charge is 0.319 e. The van der Waals surface area contributed by atoms with Gasteiger partial charge in [0.25, 0.3) is 0 Å². The molecule has 1 aliphatic heterocycles. The summed E-state index contributed by atoms with van der Waals surface area (Å²) in [6.07, 6.45) is -1.60. The van der Waals surface area contributed by atoms with Gasteiger partial charge in [-0.2, -0.15) is 8.78 Å². The zero-order valence-electron chi connectivity index (χ0n) is 10.9. The zero-order chi connectivity index (χ0) is 13.8. The number of hydrogen-bond acceptors (Lipinski definition) is 2. The molecule has 0 aliphatic carbocycles. The summed E-state index contributed by atoms with van der Waals surface area (Å²) in [4.78, 5) is 2.26. The number of alkyl halides is 4. The average molecular weight is 270 g/mol. The SMILES string of the molecule is CCN1CCCC(C(C)NCC(F)(F)C(F)F)C1. The number of likely N-dealkylation sites (tertiary alicyclic amines) is 1. The molecule has 1 heterocycles. The fourth-order valence-corrected chi connectivity index (χ4v) is 2.33. The second-order valence-electron chi connectivity index (χ2n) is 5.03. The van der Waals surface area contributed by atoms with Crippen molar-refractivity contribution in [1.29, 1.82) is 0 Å². The number of rotatable bonds is 6. The van der Waals surface area contributed by atoms with E-state index in [2.05, 4.69) is 17.1 Å². The Morgan fingerprint density at radius 1 is 1.39 bits per heavy atom. The molecule has 2 nitrogen and oxygen atoms in total. The van der Waals surface area contributed by atoms with Crippen LogP contribution in [0.1, 0.15) is 26.7 Å². The Morgan fingerprint density at radius 3 is 2.61 bits per heavy atom. The fraction of sp³-hybridized carbons (Fsp3) is 1.00. The molecule has 0 aromatic carbocycles. The molecule has 6 heteroatoms. The second-order valence-corrected chi connectivity index (χ2v) is 5.03. The molecular weight excluding hydrogens is 248 g/mol. The lowest BCUT2D eigenvalue weighted by Crippen LogP contribution is -2.48. The fourth-order valence-electron chi connectivity index (χ4n) is 2.33. The first-order valence-corrected chi connectivity index (χ1v) is 6.48. The Bertz CT molecular complexity index is 248. The maximum absolute atomic E-state index is 12.8. The van der Waals surface area contributed by atoms with Gasteiger partial charge in [0.2, 0.25) is 0 Å². The molecule has 0 bridgehead atoms. The minimum atomic E-state index is -3.94. The standard InChI is InChI=1S/C12H22F4N2/c1-3-18-6-4-5-10(7-18)9(2)17-8-12(15,16)11(13)14/h9-11,17H,3-8H2,1-2H3.